The van der Waals surface area contributed by atoms with Gasteiger partial charge in [-0.2, -0.15) is 4.98 Å². The number of anilines is 1. The number of nitrogens with one attached hydrogen (secondary N) is 3. The molecular weight excluding hydrogens is 292 g/mol. The van der Waals surface area contributed by atoms with Gasteiger partial charge in [-0.1, -0.05) is 0 Å². The second-order valence-electron chi connectivity index (χ2n) is 5.56. The van der Waals surface area contributed by atoms with Crippen molar-refractivity contribution < 1.29 is 4.74 Å². The average Bonchev–Trinajstić information content (AvgIpc) is 3.26. The molecule has 2 aromatic heterocycles. The molecule has 0 unspecified atom stereocenters. The number of hydrogen-bond acceptors (Lipinski definition) is 6. The summed E-state index contributed by atoms with van der Waals surface area (Å²) in [5, 5.41) is 6.72. The molecule has 0 amide bonds. The number of aromatic nitrogens is 4. The first-order valence-corrected chi connectivity index (χ1v) is 7.66. The summed E-state index contributed by atoms with van der Waals surface area (Å²) in [6.07, 6.45) is 2.72. The Morgan fingerprint density at radius 1 is 1.22 bits per heavy atom. The summed E-state index contributed by atoms with van der Waals surface area (Å²) in [4.78, 5) is 16.6. The number of H-pyrrole nitrogens is 1. The molecule has 7 heteroatoms. The summed E-state index contributed by atoms with van der Waals surface area (Å²) in [6.45, 7) is 1.95. The van der Waals surface area contributed by atoms with E-state index in [0.29, 0.717) is 17.6 Å². The summed E-state index contributed by atoms with van der Waals surface area (Å²) < 4.78 is 5.22. The fourth-order valence-corrected chi connectivity index (χ4v) is 2.82. The van der Waals surface area contributed by atoms with Gasteiger partial charge in [0.25, 0.3) is 0 Å². The molecule has 0 bridgehead atoms. The van der Waals surface area contributed by atoms with Crippen molar-refractivity contribution in [2.24, 2.45) is 0 Å². The molecule has 118 valence electrons. The van der Waals surface area contributed by atoms with E-state index in [0.717, 1.165) is 42.0 Å². The van der Waals surface area contributed by atoms with Crippen molar-refractivity contribution in [3.8, 4) is 17.0 Å². The van der Waals surface area contributed by atoms with Gasteiger partial charge in [-0.25, -0.2) is 9.97 Å². The fourth-order valence-electron chi connectivity index (χ4n) is 2.82. The monoisotopic (exact) mass is 310 g/mol. The minimum Gasteiger partial charge on any atom is -0.497 e. The van der Waals surface area contributed by atoms with Crippen LogP contribution in [0.5, 0.6) is 5.75 Å². The molecular formula is C16H18N6O. The highest BCUT2D eigenvalue weighted by Gasteiger charge is 2.17. The Bertz CT molecular complexity index is 807. The van der Waals surface area contributed by atoms with E-state index in [-0.39, 0.29) is 0 Å². The van der Waals surface area contributed by atoms with Gasteiger partial charge in [0.15, 0.2) is 5.65 Å². The van der Waals surface area contributed by atoms with Crippen LogP contribution in [0.15, 0.2) is 30.6 Å². The van der Waals surface area contributed by atoms with Gasteiger partial charge in [-0.15, -0.1) is 0 Å². The summed E-state index contributed by atoms with van der Waals surface area (Å²) in [6, 6.07) is 8.18. The van der Waals surface area contributed by atoms with Crippen molar-refractivity contribution in [1.29, 1.82) is 0 Å². The third-order valence-corrected chi connectivity index (χ3v) is 4.04. The Morgan fingerprint density at radius 3 is 2.83 bits per heavy atom. The van der Waals surface area contributed by atoms with E-state index in [9.17, 15) is 0 Å². The molecule has 4 rings (SSSR count). The number of hydrogen-bond donors (Lipinski definition) is 3. The molecule has 0 saturated carbocycles. The number of benzene rings is 1. The van der Waals surface area contributed by atoms with Crippen LogP contribution in [0.1, 0.15) is 6.42 Å². The van der Waals surface area contributed by atoms with Crippen LogP contribution in [0.3, 0.4) is 0 Å². The highest BCUT2D eigenvalue weighted by atomic mass is 16.5. The van der Waals surface area contributed by atoms with Gasteiger partial charge in [-0.05, 0) is 37.2 Å². The Balaban J connectivity index is 1.75. The molecule has 7 nitrogen and oxygen atoms in total. The zero-order valence-electron chi connectivity index (χ0n) is 12.8. The molecule has 3 heterocycles. The molecule has 0 aliphatic carbocycles. The van der Waals surface area contributed by atoms with Crippen molar-refractivity contribution in [2.45, 2.75) is 12.5 Å². The Labute approximate surface area is 133 Å². The molecule has 0 spiro atoms. The first-order valence-electron chi connectivity index (χ1n) is 7.66. The summed E-state index contributed by atoms with van der Waals surface area (Å²) in [7, 11) is 1.66. The first-order chi connectivity index (χ1) is 11.3. The zero-order chi connectivity index (χ0) is 15.6. The van der Waals surface area contributed by atoms with Crippen LogP contribution in [-0.4, -0.2) is 46.2 Å². The second-order valence-corrected chi connectivity index (χ2v) is 5.56. The lowest BCUT2D eigenvalue weighted by Crippen LogP contribution is -2.23. The maximum atomic E-state index is 5.22. The summed E-state index contributed by atoms with van der Waals surface area (Å²) in [5.41, 5.74) is 3.34. The quantitative estimate of drug-likeness (QED) is 0.681. The van der Waals surface area contributed by atoms with E-state index in [4.69, 9.17) is 9.72 Å². The number of methoxy groups -OCH3 is 1. The number of ether oxygens (including phenoxy) is 1. The van der Waals surface area contributed by atoms with Crippen LogP contribution in [0.2, 0.25) is 0 Å². The molecule has 1 aliphatic heterocycles. The highest BCUT2D eigenvalue weighted by Crippen LogP contribution is 2.27. The topological polar surface area (TPSA) is 87.8 Å². The lowest BCUT2D eigenvalue weighted by Gasteiger charge is -2.12. The van der Waals surface area contributed by atoms with Gasteiger partial charge in [0.1, 0.15) is 17.0 Å². The van der Waals surface area contributed by atoms with Crippen LogP contribution in [0.25, 0.3) is 22.4 Å². The SMILES string of the molecule is COc1ccc(-c2nc(N[C@@H]3CCNC3)nc3nc[nH]c23)cc1. The predicted octanol–water partition coefficient (Wildman–Crippen LogP) is 1.80. The van der Waals surface area contributed by atoms with Crippen molar-refractivity contribution >= 4 is 17.1 Å². The van der Waals surface area contributed by atoms with Gasteiger partial charge in [0.05, 0.1) is 13.4 Å². The fraction of sp³-hybridized carbons (Fsp3) is 0.312. The standard InChI is InChI=1S/C16H18N6O/c1-23-12-4-2-10(3-5-12)13-14-15(19-9-18-14)22-16(21-13)20-11-6-7-17-8-11/h2-5,9,11,17H,6-8H2,1H3,(H2,18,19,20,21,22)/t11-/m1/s1. The van der Waals surface area contributed by atoms with Gasteiger partial charge in [0, 0.05) is 18.2 Å². The number of aromatic amines is 1. The minimum atomic E-state index is 0.357. The molecule has 3 N–H and O–H groups in total. The summed E-state index contributed by atoms with van der Waals surface area (Å²) in [5.74, 6) is 1.43. The van der Waals surface area contributed by atoms with E-state index in [1.165, 1.54) is 0 Å². The number of imidazole rings is 1. The number of fused-ring (bicyclic) bond motifs is 1. The van der Waals surface area contributed by atoms with Crippen LogP contribution in [0.4, 0.5) is 5.95 Å². The molecule has 1 saturated heterocycles. The van der Waals surface area contributed by atoms with Crippen LogP contribution >= 0.6 is 0 Å². The Morgan fingerprint density at radius 2 is 2.09 bits per heavy atom. The highest BCUT2D eigenvalue weighted by molar-refractivity contribution is 5.88. The normalized spacial score (nSPS) is 17.5. The maximum absolute atomic E-state index is 5.22. The van der Waals surface area contributed by atoms with Gasteiger partial charge < -0.3 is 20.4 Å². The lowest BCUT2D eigenvalue weighted by molar-refractivity contribution is 0.415. The Kier molecular flexibility index (Phi) is 3.55. The third kappa shape index (κ3) is 2.70. The number of rotatable bonds is 4. The molecule has 1 atom stereocenters. The van der Waals surface area contributed by atoms with Crippen LogP contribution in [-0.2, 0) is 0 Å². The van der Waals surface area contributed by atoms with Gasteiger partial charge in [0.2, 0.25) is 5.95 Å². The number of nitrogens with zero attached hydrogens (tertiary/aromatic N) is 3. The van der Waals surface area contributed by atoms with Crippen LogP contribution < -0.4 is 15.4 Å². The van der Waals surface area contributed by atoms with Crippen molar-refractivity contribution in [1.82, 2.24) is 25.3 Å². The lowest BCUT2D eigenvalue weighted by atomic mass is 10.1. The Hall–Kier alpha value is -2.67. The predicted molar refractivity (Wildman–Crippen MR) is 88.6 cm³/mol. The third-order valence-electron chi connectivity index (χ3n) is 4.04. The smallest absolute Gasteiger partial charge is 0.225 e. The largest absolute Gasteiger partial charge is 0.497 e. The van der Waals surface area contributed by atoms with Crippen molar-refractivity contribution in [3.63, 3.8) is 0 Å². The summed E-state index contributed by atoms with van der Waals surface area (Å²) >= 11 is 0. The van der Waals surface area contributed by atoms with Gasteiger partial charge >= 0.3 is 0 Å². The van der Waals surface area contributed by atoms with E-state index >= 15 is 0 Å². The molecule has 3 aromatic rings. The maximum Gasteiger partial charge on any atom is 0.225 e. The second kappa shape index (κ2) is 5.85. The van der Waals surface area contributed by atoms with Crippen molar-refractivity contribution in [2.75, 3.05) is 25.5 Å². The minimum absolute atomic E-state index is 0.357. The molecule has 1 aliphatic rings. The van der Waals surface area contributed by atoms with Crippen LogP contribution in [0, 0.1) is 0 Å². The average molecular weight is 310 g/mol. The zero-order valence-corrected chi connectivity index (χ0v) is 12.8. The molecule has 23 heavy (non-hydrogen) atoms. The molecule has 1 fully saturated rings. The van der Waals surface area contributed by atoms with Crippen molar-refractivity contribution in [3.05, 3.63) is 30.6 Å². The van der Waals surface area contributed by atoms with E-state index < -0.39 is 0 Å². The first kappa shape index (κ1) is 14.0. The molecule has 0 radical (unpaired) electrons. The molecule has 1 aromatic carbocycles. The van der Waals surface area contributed by atoms with Gasteiger partial charge in [-0.3, -0.25) is 0 Å². The van der Waals surface area contributed by atoms with E-state index in [1.54, 1.807) is 13.4 Å². The van der Waals surface area contributed by atoms with E-state index in [2.05, 4.69) is 25.6 Å². The van der Waals surface area contributed by atoms with E-state index in [1.807, 2.05) is 24.3 Å².